The molecule has 0 radical (unpaired) electrons. The molecule has 3 rings (SSSR count). The van der Waals surface area contributed by atoms with E-state index in [1.165, 1.54) is 12.8 Å². The van der Waals surface area contributed by atoms with Crippen LogP contribution >= 0.6 is 12.2 Å². The molecule has 0 unspecified atom stereocenters. The van der Waals surface area contributed by atoms with Gasteiger partial charge in [-0.1, -0.05) is 24.3 Å². The van der Waals surface area contributed by atoms with Gasteiger partial charge in [-0.05, 0) is 43.1 Å². The number of thiocarbonyl (C=S) groups is 1. The highest BCUT2D eigenvalue weighted by molar-refractivity contribution is 7.80. The van der Waals surface area contributed by atoms with Crippen molar-refractivity contribution in [2.75, 3.05) is 32.7 Å². The Morgan fingerprint density at radius 2 is 1.75 bits per heavy atom. The third kappa shape index (κ3) is 2.81. The first-order chi connectivity index (χ1) is 9.78. The molecular formula is C16H23N3S. The van der Waals surface area contributed by atoms with Gasteiger partial charge >= 0.3 is 0 Å². The zero-order valence-electron chi connectivity index (χ0n) is 12.1. The minimum atomic E-state index is 0.697. The quantitative estimate of drug-likeness (QED) is 0.835. The molecule has 0 atom stereocenters. The Bertz CT molecular complexity index is 455. The molecule has 108 valence electrons. The lowest BCUT2D eigenvalue weighted by molar-refractivity contribution is 0.135. The van der Waals surface area contributed by atoms with Gasteiger partial charge in [-0.3, -0.25) is 4.90 Å². The predicted molar refractivity (Wildman–Crippen MR) is 87.1 cm³/mol. The van der Waals surface area contributed by atoms with Gasteiger partial charge in [0.15, 0.2) is 5.11 Å². The number of piperazine rings is 1. The van der Waals surface area contributed by atoms with Crippen molar-refractivity contribution in [1.82, 2.24) is 15.1 Å². The lowest BCUT2D eigenvalue weighted by atomic mass is 10.1. The molecule has 1 aromatic carbocycles. The van der Waals surface area contributed by atoms with Crippen molar-refractivity contribution in [1.29, 1.82) is 0 Å². The summed E-state index contributed by atoms with van der Waals surface area (Å²) in [6.07, 6.45) is 2.43. The van der Waals surface area contributed by atoms with Crippen LogP contribution in [0, 0.1) is 0 Å². The van der Waals surface area contributed by atoms with Crippen molar-refractivity contribution in [3.05, 3.63) is 35.4 Å². The van der Waals surface area contributed by atoms with E-state index in [1.54, 1.807) is 11.1 Å². The summed E-state index contributed by atoms with van der Waals surface area (Å²) in [5.41, 5.74) is 3.09. The fourth-order valence-corrected chi connectivity index (χ4v) is 3.67. The van der Waals surface area contributed by atoms with Gasteiger partial charge < -0.3 is 10.2 Å². The maximum absolute atomic E-state index is 5.40. The number of nitrogens with one attached hydrogen (secondary N) is 1. The molecule has 0 amide bonds. The maximum atomic E-state index is 5.40. The van der Waals surface area contributed by atoms with Gasteiger partial charge in [0.2, 0.25) is 0 Å². The lowest BCUT2D eigenvalue weighted by Crippen LogP contribution is -2.54. The molecule has 1 heterocycles. The molecule has 0 saturated carbocycles. The zero-order valence-corrected chi connectivity index (χ0v) is 13.0. The van der Waals surface area contributed by atoms with E-state index in [1.807, 2.05) is 0 Å². The predicted octanol–water partition coefficient (Wildman–Crippen LogP) is 1.67. The Morgan fingerprint density at radius 3 is 2.30 bits per heavy atom. The normalized spacial score (nSPS) is 19.9. The van der Waals surface area contributed by atoms with Crippen molar-refractivity contribution in [2.45, 2.75) is 25.8 Å². The number of hydrogen-bond donors (Lipinski definition) is 1. The first-order valence-corrected chi connectivity index (χ1v) is 8.02. The molecule has 1 saturated heterocycles. The summed E-state index contributed by atoms with van der Waals surface area (Å²) in [6.45, 7) is 7.38. The Morgan fingerprint density at radius 1 is 1.15 bits per heavy atom. The number of fused-ring (bicyclic) bond motifs is 1. The van der Waals surface area contributed by atoms with E-state index in [2.05, 4.69) is 46.3 Å². The largest absolute Gasteiger partial charge is 0.363 e. The minimum absolute atomic E-state index is 0.697. The second-order valence-electron chi connectivity index (χ2n) is 5.69. The van der Waals surface area contributed by atoms with Crippen LogP contribution in [0.25, 0.3) is 0 Å². The Labute approximate surface area is 126 Å². The standard InChI is InChI=1S/C16H23N3S/c1-2-17-16(20)19-9-7-18(8-10-19)15-11-13-5-3-4-6-14(13)12-15/h3-6,15H,2,7-12H2,1H3,(H,17,20). The van der Waals surface area contributed by atoms with E-state index in [-0.39, 0.29) is 0 Å². The SMILES string of the molecule is CCNC(=S)N1CCN(C2Cc3ccccc3C2)CC1. The maximum Gasteiger partial charge on any atom is 0.169 e. The van der Waals surface area contributed by atoms with Gasteiger partial charge in [-0.15, -0.1) is 0 Å². The molecule has 0 bridgehead atoms. The van der Waals surface area contributed by atoms with Crippen LogP contribution in [0.2, 0.25) is 0 Å². The highest BCUT2D eigenvalue weighted by Gasteiger charge is 2.29. The lowest BCUT2D eigenvalue weighted by Gasteiger charge is -2.39. The van der Waals surface area contributed by atoms with E-state index in [9.17, 15) is 0 Å². The summed E-state index contributed by atoms with van der Waals surface area (Å²) < 4.78 is 0. The van der Waals surface area contributed by atoms with E-state index in [4.69, 9.17) is 12.2 Å². The van der Waals surface area contributed by atoms with E-state index >= 15 is 0 Å². The van der Waals surface area contributed by atoms with Gasteiger partial charge in [0.25, 0.3) is 0 Å². The Balaban J connectivity index is 1.54. The van der Waals surface area contributed by atoms with Crippen LogP contribution in [0.5, 0.6) is 0 Å². The topological polar surface area (TPSA) is 18.5 Å². The number of rotatable bonds is 2. The minimum Gasteiger partial charge on any atom is -0.363 e. The zero-order chi connectivity index (χ0) is 13.9. The summed E-state index contributed by atoms with van der Waals surface area (Å²) in [4.78, 5) is 4.95. The molecule has 1 aliphatic carbocycles. The molecule has 4 heteroatoms. The van der Waals surface area contributed by atoms with Crippen molar-refractivity contribution >= 4 is 17.3 Å². The molecule has 1 N–H and O–H groups in total. The van der Waals surface area contributed by atoms with Crippen LogP contribution in [0.3, 0.4) is 0 Å². The summed E-state index contributed by atoms with van der Waals surface area (Å²) in [5, 5.41) is 4.17. The fourth-order valence-electron chi connectivity index (χ4n) is 3.35. The summed E-state index contributed by atoms with van der Waals surface area (Å²) in [7, 11) is 0. The van der Waals surface area contributed by atoms with E-state index in [0.29, 0.717) is 6.04 Å². The van der Waals surface area contributed by atoms with Gasteiger partial charge in [0.1, 0.15) is 0 Å². The van der Waals surface area contributed by atoms with Gasteiger partial charge in [0.05, 0.1) is 0 Å². The third-order valence-electron chi connectivity index (χ3n) is 4.48. The van der Waals surface area contributed by atoms with Crippen molar-refractivity contribution in [3.8, 4) is 0 Å². The highest BCUT2D eigenvalue weighted by Crippen LogP contribution is 2.26. The highest BCUT2D eigenvalue weighted by atomic mass is 32.1. The number of nitrogens with zero attached hydrogens (tertiary/aromatic N) is 2. The number of hydrogen-bond acceptors (Lipinski definition) is 2. The van der Waals surface area contributed by atoms with Crippen LogP contribution in [0.1, 0.15) is 18.1 Å². The molecule has 1 aromatic rings. The van der Waals surface area contributed by atoms with Crippen LogP contribution in [-0.2, 0) is 12.8 Å². The molecular weight excluding hydrogens is 266 g/mol. The molecule has 1 aliphatic heterocycles. The average Bonchev–Trinajstić information content (AvgIpc) is 2.91. The van der Waals surface area contributed by atoms with Gasteiger partial charge in [-0.2, -0.15) is 0 Å². The monoisotopic (exact) mass is 289 g/mol. The van der Waals surface area contributed by atoms with Crippen molar-refractivity contribution < 1.29 is 0 Å². The van der Waals surface area contributed by atoms with Gasteiger partial charge in [-0.25, -0.2) is 0 Å². The first-order valence-electron chi connectivity index (χ1n) is 7.61. The van der Waals surface area contributed by atoms with E-state index < -0.39 is 0 Å². The number of benzene rings is 1. The Kier molecular flexibility index (Phi) is 4.22. The third-order valence-corrected chi connectivity index (χ3v) is 4.88. The fraction of sp³-hybridized carbons (Fsp3) is 0.562. The second-order valence-corrected chi connectivity index (χ2v) is 6.08. The van der Waals surface area contributed by atoms with Crippen molar-refractivity contribution in [3.63, 3.8) is 0 Å². The first kappa shape index (κ1) is 13.8. The summed E-state index contributed by atoms with van der Waals surface area (Å²) in [5.74, 6) is 0. The molecule has 1 fully saturated rings. The van der Waals surface area contributed by atoms with E-state index in [0.717, 1.165) is 37.8 Å². The molecule has 0 spiro atoms. The summed E-state index contributed by atoms with van der Waals surface area (Å²) >= 11 is 5.40. The molecule has 0 aromatic heterocycles. The smallest absolute Gasteiger partial charge is 0.169 e. The van der Waals surface area contributed by atoms with Crippen LogP contribution in [0.4, 0.5) is 0 Å². The molecule has 2 aliphatic rings. The van der Waals surface area contributed by atoms with Crippen LogP contribution < -0.4 is 5.32 Å². The summed E-state index contributed by atoms with van der Waals surface area (Å²) in [6, 6.07) is 9.59. The van der Waals surface area contributed by atoms with Crippen LogP contribution in [-0.4, -0.2) is 53.7 Å². The average molecular weight is 289 g/mol. The molecule has 20 heavy (non-hydrogen) atoms. The second kappa shape index (κ2) is 6.10. The van der Waals surface area contributed by atoms with Gasteiger partial charge in [0, 0.05) is 38.8 Å². The molecule has 3 nitrogen and oxygen atoms in total. The van der Waals surface area contributed by atoms with Crippen molar-refractivity contribution in [2.24, 2.45) is 0 Å². The Hall–Kier alpha value is -1.13. The van der Waals surface area contributed by atoms with Crippen LogP contribution in [0.15, 0.2) is 24.3 Å².